The van der Waals surface area contributed by atoms with Crippen molar-refractivity contribution in [1.29, 1.82) is 0 Å². The van der Waals surface area contributed by atoms with E-state index in [0.29, 0.717) is 29.0 Å². The van der Waals surface area contributed by atoms with Crippen LogP contribution in [0.25, 0.3) is 16.7 Å². The van der Waals surface area contributed by atoms with Gasteiger partial charge in [0, 0.05) is 24.6 Å². The van der Waals surface area contributed by atoms with Crippen LogP contribution in [0.15, 0.2) is 29.3 Å². The van der Waals surface area contributed by atoms with Crippen LogP contribution in [-0.4, -0.2) is 30.1 Å². The molecule has 86 valence electrons. The molecule has 0 saturated carbocycles. The molecular formula is C10H9N5OS. The van der Waals surface area contributed by atoms with Crippen molar-refractivity contribution in [3.05, 3.63) is 34.9 Å². The largest absolute Gasteiger partial charge is 0.313 e. The van der Waals surface area contributed by atoms with Crippen LogP contribution in [-0.2, 0) is 6.54 Å². The zero-order valence-corrected chi connectivity index (χ0v) is 9.71. The lowest BCUT2D eigenvalue weighted by Crippen LogP contribution is -2.22. The molecule has 0 fully saturated rings. The molecule has 0 aliphatic rings. The average molecular weight is 247 g/mol. The summed E-state index contributed by atoms with van der Waals surface area (Å²) < 4.78 is 3.17. The van der Waals surface area contributed by atoms with Crippen molar-refractivity contribution < 1.29 is 0 Å². The molecule has 0 atom stereocenters. The normalized spacial score (nSPS) is 11.4. The van der Waals surface area contributed by atoms with Gasteiger partial charge in [0.25, 0.3) is 5.56 Å². The topological polar surface area (TPSA) is 65.1 Å². The smallest absolute Gasteiger partial charge is 0.280 e. The van der Waals surface area contributed by atoms with Crippen molar-refractivity contribution in [3.63, 3.8) is 0 Å². The Hall–Kier alpha value is -1.89. The van der Waals surface area contributed by atoms with Crippen molar-refractivity contribution in [2.24, 2.45) is 0 Å². The summed E-state index contributed by atoms with van der Waals surface area (Å²) in [5, 5.41) is 12.0. The van der Waals surface area contributed by atoms with Gasteiger partial charge in [0.05, 0.1) is 6.20 Å². The second-order valence-corrected chi connectivity index (χ2v) is 4.02. The van der Waals surface area contributed by atoms with Gasteiger partial charge in [0.15, 0.2) is 11.2 Å². The van der Waals surface area contributed by atoms with Crippen molar-refractivity contribution in [1.82, 2.24) is 24.4 Å². The summed E-state index contributed by atoms with van der Waals surface area (Å²) in [6, 6.07) is 3.56. The Morgan fingerprint density at radius 2 is 2.18 bits per heavy atom. The first-order valence-corrected chi connectivity index (χ1v) is 5.75. The lowest BCUT2D eigenvalue weighted by molar-refractivity contribution is 0.738. The van der Waals surface area contributed by atoms with Crippen LogP contribution in [0.3, 0.4) is 0 Å². The van der Waals surface area contributed by atoms with Gasteiger partial charge in [-0.3, -0.25) is 4.79 Å². The SMILES string of the molecule is O=c1c2nnc3ccnn3c2ccn1CCS. The number of pyridine rings is 1. The third kappa shape index (κ3) is 1.50. The van der Waals surface area contributed by atoms with Crippen molar-refractivity contribution in [2.45, 2.75) is 6.54 Å². The highest BCUT2D eigenvalue weighted by molar-refractivity contribution is 7.80. The van der Waals surface area contributed by atoms with Gasteiger partial charge in [-0.15, -0.1) is 10.2 Å². The number of hydrogen-bond donors (Lipinski definition) is 1. The fraction of sp³-hybridized carbons (Fsp3) is 0.200. The summed E-state index contributed by atoms with van der Waals surface area (Å²) in [7, 11) is 0. The van der Waals surface area contributed by atoms with Crippen LogP contribution < -0.4 is 5.56 Å². The molecular weight excluding hydrogens is 238 g/mol. The average Bonchev–Trinajstić information content (AvgIpc) is 2.81. The van der Waals surface area contributed by atoms with Crippen molar-refractivity contribution >= 4 is 29.3 Å². The molecule has 0 saturated heterocycles. The van der Waals surface area contributed by atoms with Crippen LogP contribution in [0.5, 0.6) is 0 Å². The molecule has 3 rings (SSSR count). The molecule has 0 amide bonds. The van der Waals surface area contributed by atoms with E-state index in [9.17, 15) is 4.79 Å². The molecule has 3 heterocycles. The van der Waals surface area contributed by atoms with Gasteiger partial charge >= 0.3 is 0 Å². The van der Waals surface area contributed by atoms with Crippen molar-refractivity contribution in [2.75, 3.05) is 5.75 Å². The summed E-state index contributed by atoms with van der Waals surface area (Å²) in [6.45, 7) is 0.552. The van der Waals surface area contributed by atoms with E-state index in [4.69, 9.17) is 0 Å². The van der Waals surface area contributed by atoms with E-state index in [2.05, 4.69) is 27.9 Å². The van der Waals surface area contributed by atoms with Gasteiger partial charge in [-0.05, 0) is 6.07 Å². The fourth-order valence-electron chi connectivity index (χ4n) is 1.76. The first-order chi connectivity index (χ1) is 8.31. The number of fused-ring (bicyclic) bond motifs is 3. The molecule has 6 nitrogen and oxygen atoms in total. The Morgan fingerprint density at radius 1 is 1.29 bits per heavy atom. The second-order valence-electron chi connectivity index (χ2n) is 3.57. The molecule has 0 radical (unpaired) electrons. The summed E-state index contributed by atoms with van der Waals surface area (Å²) in [5.41, 5.74) is 1.45. The fourth-order valence-corrected chi connectivity index (χ4v) is 1.98. The van der Waals surface area contributed by atoms with E-state index in [1.807, 2.05) is 6.07 Å². The summed E-state index contributed by atoms with van der Waals surface area (Å²) >= 11 is 4.11. The van der Waals surface area contributed by atoms with E-state index in [1.165, 1.54) is 0 Å². The number of rotatable bonds is 2. The van der Waals surface area contributed by atoms with Crippen LogP contribution >= 0.6 is 12.6 Å². The molecule has 0 N–H and O–H groups in total. The monoisotopic (exact) mass is 247 g/mol. The highest BCUT2D eigenvalue weighted by Gasteiger charge is 2.08. The highest BCUT2D eigenvalue weighted by Crippen LogP contribution is 2.07. The minimum atomic E-state index is -0.165. The van der Waals surface area contributed by atoms with E-state index in [0.717, 1.165) is 0 Å². The minimum absolute atomic E-state index is 0.165. The van der Waals surface area contributed by atoms with Crippen LogP contribution in [0.4, 0.5) is 0 Å². The molecule has 17 heavy (non-hydrogen) atoms. The van der Waals surface area contributed by atoms with Gasteiger partial charge in [0.1, 0.15) is 5.52 Å². The van der Waals surface area contributed by atoms with E-state index in [1.54, 1.807) is 27.5 Å². The molecule has 3 aromatic rings. The predicted molar refractivity (Wildman–Crippen MR) is 66.4 cm³/mol. The van der Waals surface area contributed by atoms with Crippen LogP contribution in [0, 0.1) is 0 Å². The summed E-state index contributed by atoms with van der Waals surface area (Å²) in [4.78, 5) is 12.1. The van der Waals surface area contributed by atoms with Gasteiger partial charge in [-0.2, -0.15) is 17.7 Å². The van der Waals surface area contributed by atoms with E-state index in [-0.39, 0.29) is 5.56 Å². The third-order valence-corrected chi connectivity index (χ3v) is 2.76. The Kier molecular flexibility index (Phi) is 2.32. The number of aromatic nitrogens is 5. The maximum atomic E-state index is 12.1. The zero-order chi connectivity index (χ0) is 11.8. The number of hydrogen-bond acceptors (Lipinski definition) is 5. The molecule has 0 aromatic carbocycles. The number of nitrogens with zero attached hydrogens (tertiary/aromatic N) is 5. The molecule has 3 aromatic heterocycles. The van der Waals surface area contributed by atoms with Gasteiger partial charge in [0.2, 0.25) is 0 Å². The maximum absolute atomic E-state index is 12.1. The highest BCUT2D eigenvalue weighted by atomic mass is 32.1. The Morgan fingerprint density at radius 3 is 3.00 bits per heavy atom. The quantitative estimate of drug-likeness (QED) is 0.664. The van der Waals surface area contributed by atoms with E-state index < -0.39 is 0 Å². The first kappa shape index (κ1) is 10.3. The third-order valence-electron chi connectivity index (χ3n) is 2.56. The zero-order valence-electron chi connectivity index (χ0n) is 8.82. The van der Waals surface area contributed by atoms with Gasteiger partial charge in [-0.1, -0.05) is 0 Å². The molecule has 7 heteroatoms. The Bertz CT molecular complexity index is 747. The Balaban J connectivity index is 2.40. The minimum Gasteiger partial charge on any atom is -0.313 e. The molecule has 0 aliphatic heterocycles. The van der Waals surface area contributed by atoms with Crippen LogP contribution in [0.1, 0.15) is 0 Å². The number of thiol groups is 1. The summed E-state index contributed by atoms with van der Waals surface area (Å²) in [5.74, 6) is 0.600. The lowest BCUT2D eigenvalue weighted by Gasteiger charge is -2.04. The molecule has 0 spiro atoms. The predicted octanol–water partition coefficient (Wildman–Crippen LogP) is 0.369. The summed E-state index contributed by atoms with van der Waals surface area (Å²) in [6.07, 6.45) is 3.35. The van der Waals surface area contributed by atoms with Gasteiger partial charge in [-0.25, -0.2) is 4.52 Å². The molecule has 0 unspecified atom stereocenters. The molecule has 0 bridgehead atoms. The van der Waals surface area contributed by atoms with Crippen molar-refractivity contribution in [3.8, 4) is 0 Å². The molecule has 0 aliphatic carbocycles. The lowest BCUT2D eigenvalue weighted by atomic mass is 10.4. The van der Waals surface area contributed by atoms with Gasteiger partial charge < -0.3 is 4.57 Å². The standard InChI is InChI=1S/C10H9N5OS/c16-10-9-7(2-4-14(10)5-6-17)15-8(12-13-9)1-3-11-15/h1-4,17H,5-6H2. The first-order valence-electron chi connectivity index (χ1n) is 5.12. The Labute approximate surface area is 101 Å². The van der Waals surface area contributed by atoms with E-state index >= 15 is 0 Å². The number of aryl methyl sites for hydroxylation is 1. The maximum Gasteiger partial charge on any atom is 0.280 e. The second kappa shape index (κ2) is 3.85. The van der Waals surface area contributed by atoms with Crippen LogP contribution in [0.2, 0.25) is 0 Å².